The molecule has 3 aromatic heterocycles. The normalized spacial score (nSPS) is 12.4. The maximum absolute atomic E-state index is 5.66. The average Bonchev–Trinajstić information content (AvgIpc) is 3.37. The van der Waals surface area contributed by atoms with Crippen LogP contribution in [-0.4, -0.2) is 15.0 Å². The summed E-state index contributed by atoms with van der Waals surface area (Å²) in [4.78, 5) is 18.5. The van der Waals surface area contributed by atoms with E-state index in [4.69, 9.17) is 15.0 Å². The number of aromatic nitrogens is 3. The third kappa shape index (κ3) is 7.18. The quantitative estimate of drug-likeness (QED) is 0.142. The van der Waals surface area contributed by atoms with E-state index in [1.165, 1.54) is 5.56 Å². The molecular formula is C58H39IrN4-. The standard InChI is InChI=1S/C58H39N4.Ir/c1-5-17-41(18-6-1)44-30-34-48(35-31-44)62-54-36-32-46(42-19-7-2-8-20-42)39-49(54)58(56-28-15-26-51(60-56)45-23-11-4-12-24-45,57-29-16-27-53(61-57)52-25-13-14-38-59-52)50-40-47(33-37-55(50)62)43-21-9-3-10-22-43;/h1-23,25-40H;/q-1;. The Balaban J connectivity index is 0.00000471. The van der Waals surface area contributed by atoms with Crippen LogP contribution < -0.4 is 4.90 Å². The summed E-state index contributed by atoms with van der Waals surface area (Å²) in [7, 11) is 0. The van der Waals surface area contributed by atoms with Crippen molar-refractivity contribution >= 4 is 17.1 Å². The van der Waals surface area contributed by atoms with Crippen molar-refractivity contribution in [1.29, 1.82) is 0 Å². The van der Waals surface area contributed by atoms with Gasteiger partial charge in [0.25, 0.3) is 0 Å². The van der Waals surface area contributed by atoms with Crippen molar-refractivity contribution in [1.82, 2.24) is 15.0 Å². The molecule has 0 atom stereocenters. The van der Waals surface area contributed by atoms with Crippen molar-refractivity contribution in [2.75, 3.05) is 4.90 Å². The van der Waals surface area contributed by atoms with Gasteiger partial charge in [0, 0.05) is 32.0 Å². The number of rotatable bonds is 8. The van der Waals surface area contributed by atoms with Crippen LogP contribution in [0.25, 0.3) is 56.0 Å². The van der Waals surface area contributed by atoms with Crippen molar-refractivity contribution in [3.8, 4) is 56.0 Å². The summed E-state index contributed by atoms with van der Waals surface area (Å²) < 4.78 is 0. The van der Waals surface area contributed by atoms with Gasteiger partial charge in [-0.3, -0.25) is 9.97 Å². The zero-order valence-electron chi connectivity index (χ0n) is 34.1. The Morgan fingerprint density at radius 2 is 0.857 bits per heavy atom. The molecule has 0 spiro atoms. The van der Waals surface area contributed by atoms with Gasteiger partial charge in [0.15, 0.2) is 0 Å². The van der Waals surface area contributed by atoms with Gasteiger partial charge in [-0.2, -0.15) is 0 Å². The van der Waals surface area contributed by atoms with Gasteiger partial charge in [-0.25, -0.2) is 4.98 Å². The van der Waals surface area contributed by atoms with E-state index in [1.807, 2.05) is 48.7 Å². The number of benzene rings is 7. The number of anilines is 3. The molecule has 1 aliphatic rings. The number of pyridine rings is 3. The molecule has 4 nitrogen and oxygen atoms in total. The van der Waals surface area contributed by atoms with E-state index in [-0.39, 0.29) is 20.1 Å². The minimum absolute atomic E-state index is 0. The van der Waals surface area contributed by atoms with E-state index in [0.29, 0.717) is 0 Å². The van der Waals surface area contributed by atoms with Gasteiger partial charge in [-0.05, 0) is 117 Å². The predicted octanol–water partition coefficient (Wildman–Crippen LogP) is 14.2. The first-order valence-corrected chi connectivity index (χ1v) is 20.9. The summed E-state index contributed by atoms with van der Waals surface area (Å²) in [5.41, 5.74) is 16.1. The minimum Gasteiger partial charge on any atom is -0.310 e. The molecule has 301 valence electrons. The van der Waals surface area contributed by atoms with E-state index in [1.54, 1.807) is 0 Å². The summed E-state index contributed by atoms with van der Waals surface area (Å²) in [6, 6.07) is 84.7. The van der Waals surface area contributed by atoms with E-state index in [2.05, 4.69) is 199 Å². The molecular weight excluding hydrogens is 945 g/mol. The van der Waals surface area contributed by atoms with E-state index >= 15 is 0 Å². The number of nitrogens with zero attached hydrogens (tertiary/aromatic N) is 4. The first-order valence-electron chi connectivity index (χ1n) is 20.9. The van der Waals surface area contributed by atoms with E-state index in [0.717, 1.165) is 90.0 Å². The number of fused-ring (bicyclic) bond motifs is 2. The molecule has 5 heteroatoms. The molecule has 7 aromatic carbocycles. The maximum atomic E-state index is 5.66. The molecule has 0 N–H and O–H groups in total. The zero-order valence-corrected chi connectivity index (χ0v) is 36.5. The van der Waals surface area contributed by atoms with Gasteiger partial charge in [0.2, 0.25) is 0 Å². The van der Waals surface area contributed by atoms with Crippen molar-refractivity contribution in [2.24, 2.45) is 0 Å². The van der Waals surface area contributed by atoms with E-state index in [9.17, 15) is 0 Å². The van der Waals surface area contributed by atoms with Crippen LogP contribution in [0.5, 0.6) is 0 Å². The molecule has 0 saturated heterocycles. The summed E-state index contributed by atoms with van der Waals surface area (Å²) in [6.07, 6.45) is 1.82. The molecule has 0 saturated carbocycles. The largest absolute Gasteiger partial charge is 0.310 e. The first-order chi connectivity index (χ1) is 30.7. The summed E-state index contributed by atoms with van der Waals surface area (Å²) >= 11 is 0. The van der Waals surface area contributed by atoms with Crippen molar-refractivity contribution in [2.45, 2.75) is 5.41 Å². The maximum Gasteiger partial charge on any atom is 0.108 e. The van der Waals surface area contributed by atoms with Gasteiger partial charge < -0.3 is 4.90 Å². The summed E-state index contributed by atoms with van der Waals surface area (Å²) in [5.74, 6) is 0. The zero-order chi connectivity index (χ0) is 41.3. The molecule has 1 aliphatic heterocycles. The van der Waals surface area contributed by atoms with Crippen LogP contribution in [0.15, 0.2) is 237 Å². The van der Waals surface area contributed by atoms with Crippen LogP contribution in [0.3, 0.4) is 0 Å². The fourth-order valence-corrected chi connectivity index (χ4v) is 9.00. The van der Waals surface area contributed by atoms with Crippen LogP contribution in [0.4, 0.5) is 17.1 Å². The second-order valence-electron chi connectivity index (χ2n) is 15.5. The molecule has 11 rings (SSSR count). The molecule has 10 aromatic rings. The number of hydrogen-bond donors (Lipinski definition) is 0. The van der Waals surface area contributed by atoms with Gasteiger partial charge in [0.1, 0.15) is 5.41 Å². The van der Waals surface area contributed by atoms with Crippen LogP contribution in [0.1, 0.15) is 22.5 Å². The first kappa shape index (κ1) is 39.6. The third-order valence-electron chi connectivity index (χ3n) is 11.9. The average molecular weight is 984 g/mol. The molecule has 0 bridgehead atoms. The Kier molecular flexibility index (Phi) is 10.7. The van der Waals surface area contributed by atoms with Crippen molar-refractivity contribution in [3.05, 3.63) is 265 Å². The Morgan fingerprint density at radius 1 is 0.381 bits per heavy atom. The van der Waals surface area contributed by atoms with Crippen LogP contribution >= 0.6 is 0 Å². The molecule has 1 radical (unpaired) electrons. The molecule has 0 amide bonds. The van der Waals surface area contributed by atoms with Gasteiger partial charge in [0.05, 0.1) is 34.2 Å². The van der Waals surface area contributed by atoms with Crippen molar-refractivity contribution in [3.63, 3.8) is 0 Å². The van der Waals surface area contributed by atoms with E-state index < -0.39 is 5.41 Å². The second kappa shape index (κ2) is 17.1. The predicted molar refractivity (Wildman–Crippen MR) is 252 cm³/mol. The molecule has 0 unspecified atom stereocenters. The molecule has 63 heavy (non-hydrogen) atoms. The van der Waals surface area contributed by atoms with Crippen LogP contribution in [0.2, 0.25) is 0 Å². The topological polar surface area (TPSA) is 41.9 Å². The Bertz CT molecular complexity index is 2980. The SMILES string of the molecule is [Ir].[c-]1ccccc1-c1cccc(C2(c3cccc(-c4ccccn4)n3)c3cc(-c4ccccc4)ccc3N(c3ccc(-c4ccccc4)cc3)c3ccc(-c4ccccc4)cc32)n1. The Labute approximate surface area is 381 Å². The number of hydrogen-bond acceptors (Lipinski definition) is 4. The Morgan fingerprint density at radius 3 is 1.40 bits per heavy atom. The Hall–Kier alpha value is -7.56. The van der Waals surface area contributed by atoms with Crippen LogP contribution in [0, 0.1) is 6.07 Å². The third-order valence-corrected chi connectivity index (χ3v) is 11.9. The summed E-state index contributed by atoms with van der Waals surface area (Å²) in [6.45, 7) is 0. The second-order valence-corrected chi connectivity index (χ2v) is 15.5. The molecule has 0 aliphatic carbocycles. The molecule has 0 fully saturated rings. The minimum atomic E-state index is -1.02. The van der Waals surface area contributed by atoms with Gasteiger partial charge in [-0.1, -0.05) is 140 Å². The summed E-state index contributed by atoms with van der Waals surface area (Å²) in [5, 5.41) is 0. The van der Waals surface area contributed by atoms with Gasteiger partial charge >= 0.3 is 0 Å². The van der Waals surface area contributed by atoms with Crippen LogP contribution in [-0.2, 0) is 25.5 Å². The fourth-order valence-electron chi connectivity index (χ4n) is 9.00. The van der Waals surface area contributed by atoms with Crippen molar-refractivity contribution < 1.29 is 20.1 Å². The molecule has 4 heterocycles. The smallest absolute Gasteiger partial charge is 0.108 e. The van der Waals surface area contributed by atoms with Gasteiger partial charge in [-0.15, -0.1) is 35.9 Å². The fraction of sp³-hybridized carbons (Fsp3) is 0.0172. The monoisotopic (exact) mass is 984 g/mol.